The maximum atomic E-state index is 5.45. The van der Waals surface area contributed by atoms with E-state index in [1.165, 1.54) is 0 Å². The molecular formula is C7H13N3. The second-order valence-corrected chi connectivity index (χ2v) is 2.55. The summed E-state index contributed by atoms with van der Waals surface area (Å²) in [5.41, 5.74) is 5.45. The molecule has 0 amide bonds. The summed E-state index contributed by atoms with van der Waals surface area (Å²) in [4.78, 5) is 4.09. The lowest BCUT2D eigenvalue weighted by molar-refractivity contribution is 0.569. The van der Waals surface area contributed by atoms with Gasteiger partial charge in [-0.25, -0.2) is 4.98 Å². The number of hydrogen-bond acceptors (Lipinski definition) is 2. The first kappa shape index (κ1) is 7.28. The Morgan fingerprint density at radius 1 is 1.70 bits per heavy atom. The topological polar surface area (TPSA) is 43.8 Å². The molecule has 0 bridgehead atoms. The van der Waals surface area contributed by atoms with Crippen LogP contribution < -0.4 is 5.73 Å². The van der Waals surface area contributed by atoms with E-state index < -0.39 is 0 Å². The molecule has 0 saturated carbocycles. The first-order valence-corrected chi connectivity index (χ1v) is 3.47. The number of imidazole rings is 1. The summed E-state index contributed by atoms with van der Waals surface area (Å²) in [6.45, 7) is 4.74. The van der Waals surface area contributed by atoms with Crippen LogP contribution in [0, 0.1) is 0 Å². The molecule has 3 nitrogen and oxygen atoms in total. The Balaban J connectivity index is 2.90. The Hall–Kier alpha value is -0.830. The predicted octanol–water partition coefficient (Wildman–Crippen LogP) is 0.923. The second-order valence-electron chi connectivity index (χ2n) is 2.55. The van der Waals surface area contributed by atoms with Gasteiger partial charge in [0.25, 0.3) is 0 Å². The molecule has 1 aromatic rings. The van der Waals surface area contributed by atoms with Crippen LogP contribution in [0.5, 0.6) is 0 Å². The molecule has 0 radical (unpaired) electrons. The zero-order chi connectivity index (χ0) is 7.56. The standard InChI is InChI=1S/C7H13N3/c1-6(2)10-4-3-9-7(10)5-8/h3-4,6H,5,8H2,1-2H3. The van der Waals surface area contributed by atoms with E-state index in [1.54, 1.807) is 6.20 Å². The van der Waals surface area contributed by atoms with Crippen molar-refractivity contribution in [3.8, 4) is 0 Å². The highest BCUT2D eigenvalue weighted by Gasteiger charge is 2.01. The smallest absolute Gasteiger partial charge is 0.122 e. The van der Waals surface area contributed by atoms with Gasteiger partial charge in [0.1, 0.15) is 5.82 Å². The fraction of sp³-hybridized carbons (Fsp3) is 0.571. The second kappa shape index (κ2) is 2.84. The van der Waals surface area contributed by atoms with Crippen LogP contribution in [0.2, 0.25) is 0 Å². The van der Waals surface area contributed by atoms with Gasteiger partial charge in [-0.3, -0.25) is 0 Å². The van der Waals surface area contributed by atoms with Gasteiger partial charge in [0.2, 0.25) is 0 Å². The SMILES string of the molecule is CC(C)n1ccnc1CN. The van der Waals surface area contributed by atoms with Crippen LogP contribution in [-0.2, 0) is 6.54 Å². The van der Waals surface area contributed by atoms with Crippen molar-refractivity contribution in [3.05, 3.63) is 18.2 Å². The molecule has 3 heteroatoms. The maximum Gasteiger partial charge on any atom is 0.122 e. The minimum atomic E-state index is 0.459. The summed E-state index contributed by atoms with van der Waals surface area (Å²) < 4.78 is 2.07. The van der Waals surface area contributed by atoms with Crippen molar-refractivity contribution in [3.63, 3.8) is 0 Å². The summed E-state index contributed by atoms with van der Waals surface area (Å²) in [5, 5.41) is 0. The van der Waals surface area contributed by atoms with Crippen molar-refractivity contribution < 1.29 is 0 Å². The van der Waals surface area contributed by atoms with Gasteiger partial charge in [0, 0.05) is 18.4 Å². The molecule has 0 fully saturated rings. The van der Waals surface area contributed by atoms with Gasteiger partial charge < -0.3 is 10.3 Å². The summed E-state index contributed by atoms with van der Waals surface area (Å²) in [6.07, 6.45) is 3.73. The molecule has 0 atom stereocenters. The monoisotopic (exact) mass is 139 g/mol. The molecule has 10 heavy (non-hydrogen) atoms. The Kier molecular flexibility index (Phi) is 2.06. The molecule has 1 aromatic heterocycles. The molecule has 56 valence electrons. The van der Waals surface area contributed by atoms with E-state index in [1.807, 2.05) is 6.20 Å². The Morgan fingerprint density at radius 2 is 2.40 bits per heavy atom. The molecular weight excluding hydrogens is 126 g/mol. The van der Waals surface area contributed by atoms with Crippen molar-refractivity contribution in [2.24, 2.45) is 5.73 Å². The van der Waals surface area contributed by atoms with Crippen LogP contribution in [0.3, 0.4) is 0 Å². The van der Waals surface area contributed by atoms with Crippen molar-refractivity contribution >= 4 is 0 Å². The van der Waals surface area contributed by atoms with Crippen molar-refractivity contribution in [1.82, 2.24) is 9.55 Å². The fourth-order valence-corrected chi connectivity index (χ4v) is 0.972. The van der Waals surface area contributed by atoms with Gasteiger partial charge in [0.15, 0.2) is 0 Å². The van der Waals surface area contributed by atoms with Gasteiger partial charge in [0.05, 0.1) is 6.54 Å². The molecule has 0 unspecified atom stereocenters. The molecule has 0 saturated heterocycles. The highest BCUT2D eigenvalue weighted by atomic mass is 15.1. The van der Waals surface area contributed by atoms with E-state index >= 15 is 0 Å². The summed E-state index contributed by atoms with van der Waals surface area (Å²) in [6, 6.07) is 0.459. The van der Waals surface area contributed by atoms with Crippen molar-refractivity contribution in [2.75, 3.05) is 0 Å². The van der Waals surface area contributed by atoms with Gasteiger partial charge in [-0.05, 0) is 13.8 Å². The van der Waals surface area contributed by atoms with Crippen LogP contribution in [-0.4, -0.2) is 9.55 Å². The molecule has 2 N–H and O–H groups in total. The Bertz CT molecular complexity index is 202. The predicted molar refractivity (Wildman–Crippen MR) is 40.5 cm³/mol. The number of nitrogens with two attached hydrogens (primary N) is 1. The Labute approximate surface area is 60.9 Å². The van der Waals surface area contributed by atoms with Gasteiger partial charge in [-0.15, -0.1) is 0 Å². The van der Waals surface area contributed by atoms with Crippen molar-refractivity contribution in [2.45, 2.75) is 26.4 Å². The minimum Gasteiger partial charge on any atom is -0.331 e. The van der Waals surface area contributed by atoms with Crippen LogP contribution in [0.1, 0.15) is 25.7 Å². The molecule has 1 heterocycles. The lowest BCUT2D eigenvalue weighted by Gasteiger charge is -2.08. The van der Waals surface area contributed by atoms with Crippen molar-refractivity contribution in [1.29, 1.82) is 0 Å². The van der Waals surface area contributed by atoms with Gasteiger partial charge in [-0.1, -0.05) is 0 Å². The Morgan fingerprint density at radius 3 is 2.80 bits per heavy atom. The summed E-state index contributed by atoms with van der Waals surface area (Å²) in [7, 11) is 0. The zero-order valence-corrected chi connectivity index (χ0v) is 6.41. The maximum absolute atomic E-state index is 5.45. The third kappa shape index (κ3) is 1.19. The van der Waals surface area contributed by atoms with E-state index in [-0.39, 0.29) is 0 Å². The third-order valence-corrected chi connectivity index (χ3v) is 1.49. The normalized spacial score (nSPS) is 10.8. The van der Waals surface area contributed by atoms with Crippen LogP contribution in [0.25, 0.3) is 0 Å². The van der Waals surface area contributed by atoms with Gasteiger partial charge in [-0.2, -0.15) is 0 Å². The zero-order valence-electron chi connectivity index (χ0n) is 6.41. The lowest BCUT2D eigenvalue weighted by Crippen LogP contribution is -2.09. The van der Waals surface area contributed by atoms with E-state index in [9.17, 15) is 0 Å². The third-order valence-electron chi connectivity index (χ3n) is 1.49. The number of rotatable bonds is 2. The summed E-state index contributed by atoms with van der Waals surface area (Å²) >= 11 is 0. The summed E-state index contributed by atoms with van der Waals surface area (Å²) in [5.74, 6) is 0.954. The van der Waals surface area contributed by atoms with E-state index in [4.69, 9.17) is 5.73 Å². The highest BCUT2D eigenvalue weighted by molar-refractivity contribution is 4.92. The minimum absolute atomic E-state index is 0.459. The molecule has 0 aromatic carbocycles. The van der Waals surface area contributed by atoms with Crippen LogP contribution >= 0.6 is 0 Å². The fourth-order valence-electron chi connectivity index (χ4n) is 0.972. The molecule has 0 spiro atoms. The average molecular weight is 139 g/mol. The number of nitrogens with zero attached hydrogens (tertiary/aromatic N) is 2. The van der Waals surface area contributed by atoms with E-state index in [2.05, 4.69) is 23.4 Å². The largest absolute Gasteiger partial charge is 0.331 e. The molecule has 0 aliphatic rings. The number of aromatic nitrogens is 2. The van der Waals surface area contributed by atoms with E-state index in [0.29, 0.717) is 12.6 Å². The lowest BCUT2D eigenvalue weighted by atomic mass is 10.4. The molecule has 0 aliphatic heterocycles. The number of hydrogen-bond donors (Lipinski definition) is 1. The van der Waals surface area contributed by atoms with Gasteiger partial charge >= 0.3 is 0 Å². The first-order valence-electron chi connectivity index (χ1n) is 3.47. The quantitative estimate of drug-likeness (QED) is 0.662. The molecule has 1 rings (SSSR count). The first-order chi connectivity index (χ1) is 4.75. The van der Waals surface area contributed by atoms with E-state index in [0.717, 1.165) is 5.82 Å². The van der Waals surface area contributed by atoms with Crippen LogP contribution in [0.15, 0.2) is 12.4 Å². The van der Waals surface area contributed by atoms with Crippen LogP contribution in [0.4, 0.5) is 0 Å². The molecule has 0 aliphatic carbocycles. The highest BCUT2D eigenvalue weighted by Crippen LogP contribution is 2.06. The average Bonchev–Trinajstić information content (AvgIpc) is 2.33.